The van der Waals surface area contributed by atoms with Crippen LogP contribution in [0.25, 0.3) is 0 Å². The minimum Gasteiger partial charge on any atom is -0.399 e. The number of rotatable bonds is 3. The van der Waals surface area contributed by atoms with Gasteiger partial charge in [0, 0.05) is 16.3 Å². The monoisotopic (exact) mass is 292 g/mol. The first-order valence-electron chi connectivity index (χ1n) is 5.60. The van der Waals surface area contributed by atoms with Gasteiger partial charge in [-0.25, -0.2) is 0 Å². The first kappa shape index (κ1) is 13.8. The van der Waals surface area contributed by atoms with Crippen LogP contribution < -0.4 is 11.1 Å². The highest BCUT2D eigenvalue weighted by atomic mass is 35.5. The molecule has 0 bridgehead atoms. The normalized spacial score (nSPS) is 10.2. The highest BCUT2D eigenvalue weighted by molar-refractivity contribution is 7.98. The third kappa shape index (κ3) is 3.43. The molecule has 0 saturated carbocycles. The largest absolute Gasteiger partial charge is 0.399 e. The van der Waals surface area contributed by atoms with Gasteiger partial charge >= 0.3 is 0 Å². The standard InChI is InChI=1S/C14H13ClN2OS/c1-19-11-4-2-3-10(8-11)17-14(18)12-7-9(16)5-6-13(12)15/h2-8H,16H2,1H3,(H,17,18). The third-order valence-corrected chi connectivity index (χ3v) is 3.62. The Morgan fingerprint density at radius 2 is 2.05 bits per heavy atom. The van der Waals surface area contributed by atoms with Crippen LogP contribution in [0.3, 0.4) is 0 Å². The van der Waals surface area contributed by atoms with E-state index in [9.17, 15) is 4.79 Å². The van der Waals surface area contributed by atoms with Crippen molar-refractivity contribution in [3.63, 3.8) is 0 Å². The van der Waals surface area contributed by atoms with Crippen LogP contribution in [0.4, 0.5) is 11.4 Å². The van der Waals surface area contributed by atoms with Gasteiger partial charge in [0.25, 0.3) is 5.91 Å². The van der Waals surface area contributed by atoms with Crippen molar-refractivity contribution in [1.82, 2.24) is 0 Å². The zero-order valence-corrected chi connectivity index (χ0v) is 11.9. The summed E-state index contributed by atoms with van der Waals surface area (Å²) in [5, 5.41) is 3.19. The average Bonchev–Trinajstić information content (AvgIpc) is 2.41. The molecule has 98 valence electrons. The van der Waals surface area contributed by atoms with Crippen molar-refractivity contribution in [3.05, 3.63) is 53.1 Å². The lowest BCUT2D eigenvalue weighted by Gasteiger charge is -2.08. The first-order valence-corrected chi connectivity index (χ1v) is 7.21. The predicted octanol–water partition coefficient (Wildman–Crippen LogP) is 3.90. The lowest BCUT2D eigenvalue weighted by atomic mass is 10.2. The molecule has 0 spiro atoms. The smallest absolute Gasteiger partial charge is 0.257 e. The van der Waals surface area contributed by atoms with Crippen LogP contribution in [-0.2, 0) is 0 Å². The molecule has 3 nitrogen and oxygen atoms in total. The summed E-state index contributed by atoms with van der Waals surface area (Å²) in [5.74, 6) is -0.268. The van der Waals surface area contributed by atoms with Gasteiger partial charge in [-0.2, -0.15) is 0 Å². The highest BCUT2D eigenvalue weighted by Crippen LogP contribution is 2.22. The maximum absolute atomic E-state index is 12.1. The Balaban J connectivity index is 2.23. The molecule has 2 rings (SSSR count). The van der Waals surface area contributed by atoms with Crippen LogP contribution in [0.15, 0.2) is 47.4 Å². The van der Waals surface area contributed by atoms with E-state index < -0.39 is 0 Å². The van der Waals surface area contributed by atoms with Gasteiger partial charge in [0.1, 0.15) is 0 Å². The third-order valence-electron chi connectivity index (χ3n) is 2.56. The van der Waals surface area contributed by atoms with Crippen molar-refractivity contribution in [2.75, 3.05) is 17.3 Å². The number of nitrogen functional groups attached to an aromatic ring is 1. The fraction of sp³-hybridized carbons (Fsp3) is 0.0714. The molecule has 5 heteroatoms. The molecule has 0 aliphatic carbocycles. The van der Waals surface area contributed by atoms with E-state index in [2.05, 4.69) is 5.32 Å². The summed E-state index contributed by atoms with van der Waals surface area (Å²) in [6.45, 7) is 0. The lowest BCUT2D eigenvalue weighted by Crippen LogP contribution is -2.12. The minimum absolute atomic E-state index is 0.268. The van der Waals surface area contributed by atoms with Gasteiger partial charge in [-0.05, 0) is 42.7 Å². The lowest BCUT2D eigenvalue weighted by molar-refractivity contribution is 0.102. The summed E-state index contributed by atoms with van der Waals surface area (Å²) >= 11 is 7.61. The summed E-state index contributed by atoms with van der Waals surface area (Å²) in [6.07, 6.45) is 1.98. The summed E-state index contributed by atoms with van der Waals surface area (Å²) in [4.78, 5) is 13.2. The fourth-order valence-corrected chi connectivity index (χ4v) is 2.28. The van der Waals surface area contributed by atoms with E-state index >= 15 is 0 Å². The van der Waals surface area contributed by atoms with E-state index in [-0.39, 0.29) is 5.91 Å². The second-order valence-electron chi connectivity index (χ2n) is 3.93. The number of carbonyl (C=O) groups is 1. The molecule has 0 radical (unpaired) electrons. The molecular weight excluding hydrogens is 280 g/mol. The maximum atomic E-state index is 12.1. The number of carbonyl (C=O) groups excluding carboxylic acids is 1. The van der Waals surface area contributed by atoms with E-state index in [1.54, 1.807) is 30.0 Å². The summed E-state index contributed by atoms with van der Waals surface area (Å²) in [6, 6.07) is 12.4. The van der Waals surface area contributed by atoms with Crippen LogP contribution in [-0.4, -0.2) is 12.2 Å². The number of thioether (sulfide) groups is 1. The molecule has 0 heterocycles. The number of amides is 1. The molecule has 0 aliphatic rings. The second kappa shape index (κ2) is 5.99. The van der Waals surface area contributed by atoms with Crippen LogP contribution in [0.5, 0.6) is 0 Å². The molecule has 0 unspecified atom stereocenters. The van der Waals surface area contributed by atoms with Crippen molar-refractivity contribution in [2.45, 2.75) is 4.90 Å². The van der Waals surface area contributed by atoms with Crippen molar-refractivity contribution < 1.29 is 4.79 Å². The molecule has 2 aromatic rings. The number of hydrogen-bond acceptors (Lipinski definition) is 3. The number of halogens is 1. The van der Waals surface area contributed by atoms with Gasteiger partial charge in [0.05, 0.1) is 10.6 Å². The fourth-order valence-electron chi connectivity index (χ4n) is 1.62. The molecule has 2 aromatic carbocycles. The van der Waals surface area contributed by atoms with Gasteiger partial charge in [-0.15, -0.1) is 11.8 Å². The number of anilines is 2. The molecule has 0 fully saturated rings. The Morgan fingerprint density at radius 3 is 2.79 bits per heavy atom. The zero-order chi connectivity index (χ0) is 13.8. The SMILES string of the molecule is CSc1cccc(NC(=O)c2cc(N)ccc2Cl)c1. The average molecular weight is 293 g/mol. The number of benzene rings is 2. The zero-order valence-electron chi connectivity index (χ0n) is 10.3. The Bertz CT molecular complexity index is 616. The minimum atomic E-state index is -0.268. The molecule has 19 heavy (non-hydrogen) atoms. The molecule has 3 N–H and O–H groups in total. The highest BCUT2D eigenvalue weighted by Gasteiger charge is 2.11. The molecule has 0 aromatic heterocycles. The van der Waals surface area contributed by atoms with Crippen LogP contribution >= 0.6 is 23.4 Å². The van der Waals surface area contributed by atoms with Gasteiger partial charge in [0.2, 0.25) is 0 Å². The number of hydrogen-bond donors (Lipinski definition) is 2. The van der Waals surface area contributed by atoms with Crippen molar-refractivity contribution >= 4 is 40.6 Å². The van der Waals surface area contributed by atoms with Crippen molar-refractivity contribution in [1.29, 1.82) is 0 Å². The number of nitrogens with one attached hydrogen (secondary N) is 1. The summed E-state index contributed by atoms with van der Waals surface area (Å²) < 4.78 is 0. The molecule has 0 aliphatic heterocycles. The second-order valence-corrected chi connectivity index (χ2v) is 5.21. The molecule has 0 atom stereocenters. The Morgan fingerprint density at radius 1 is 1.26 bits per heavy atom. The quantitative estimate of drug-likeness (QED) is 0.666. The van der Waals surface area contributed by atoms with Crippen LogP contribution in [0.1, 0.15) is 10.4 Å². The van der Waals surface area contributed by atoms with Crippen molar-refractivity contribution in [3.8, 4) is 0 Å². The Labute approximate surface area is 121 Å². The Kier molecular flexibility index (Phi) is 4.35. The first-order chi connectivity index (χ1) is 9.10. The maximum Gasteiger partial charge on any atom is 0.257 e. The van der Waals surface area contributed by atoms with E-state index in [0.29, 0.717) is 16.3 Å². The summed E-state index contributed by atoms with van der Waals surface area (Å²) in [5.41, 5.74) is 7.27. The number of nitrogens with two attached hydrogens (primary N) is 1. The van der Waals surface area contributed by atoms with E-state index in [4.69, 9.17) is 17.3 Å². The van der Waals surface area contributed by atoms with Crippen LogP contribution in [0.2, 0.25) is 5.02 Å². The van der Waals surface area contributed by atoms with Gasteiger partial charge in [-0.3, -0.25) is 4.79 Å². The predicted molar refractivity (Wildman–Crippen MR) is 82.0 cm³/mol. The van der Waals surface area contributed by atoms with Crippen molar-refractivity contribution in [2.24, 2.45) is 0 Å². The van der Waals surface area contributed by atoms with Gasteiger partial charge in [-0.1, -0.05) is 17.7 Å². The van der Waals surface area contributed by atoms with E-state index in [0.717, 1.165) is 10.6 Å². The molecule has 0 saturated heterocycles. The molecular formula is C14H13ClN2OS. The van der Waals surface area contributed by atoms with Crippen LogP contribution in [0, 0.1) is 0 Å². The molecule has 1 amide bonds. The Hall–Kier alpha value is -1.65. The van der Waals surface area contributed by atoms with Gasteiger partial charge in [0.15, 0.2) is 0 Å². The topological polar surface area (TPSA) is 55.1 Å². The van der Waals surface area contributed by atoms with E-state index in [1.807, 2.05) is 30.5 Å². The van der Waals surface area contributed by atoms with Gasteiger partial charge < -0.3 is 11.1 Å². The van der Waals surface area contributed by atoms with E-state index in [1.165, 1.54) is 0 Å². The summed E-state index contributed by atoms with van der Waals surface area (Å²) in [7, 11) is 0.